The summed E-state index contributed by atoms with van der Waals surface area (Å²) in [4.78, 5) is 6.97. The summed E-state index contributed by atoms with van der Waals surface area (Å²) in [6.07, 6.45) is 0. The van der Waals surface area contributed by atoms with Gasteiger partial charge < -0.3 is 19.3 Å². The molecule has 0 aromatic heterocycles. The van der Waals surface area contributed by atoms with E-state index in [-0.39, 0.29) is 0 Å². The average molecular weight is 1010 g/mol. The Labute approximate surface area is 453 Å². The molecule has 4 nitrogen and oxygen atoms in total. The highest BCUT2D eigenvalue weighted by molar-refractivity contribution is 7.85. The number of hydrogen-bond donors (Lipinski definition) is 0. The summed E-state index contributed by atoms with van der Waals surface area (Å²) in [5.41, 5.74) is 16.1. The van der Waals surface area contributed by atoms with Gasteiger partial charge in [0, 0.05) is 66.2 Å². The molecule has 0 saturated heterocycles. The Balaban J connectivity index is 1.11. The Kier molecular flexibility index (Phi) is 12.9. The molecule has 0 aliphatic rings. The molecule has 0 spiro atoms. The van der Waals surface area contributed by atoms with Crippen molar-refractivity contribution in [1.29, 1.82) is 0 Å². The highest BCUT2D eigenvalue weighted by atomic mass is 31.2. The standard InChI is InChI=1S/C72H60N3OP/c1-49-28-37-55(38-29-49)73(70-43-34-52(4)64-22-7-10-25-67(64)70)58-16-13-19-61(46-58)77(76,62-20-14-17-59(47-62)74(56-39-30-50(2)31-40-56)71-44-35-53(5)65-23-8-11-26-68(65)71)63-21-15-18-60(48-63)75(57-41-32-51(3)33-42-57)72-45-36-54(6)66-24-9-12-27-69(66)72/h7-48H,1-6H3. The Morgan fingerprint density at radius 2 is 0.506 bits per heavy atom. The van der Waals surface area contributed by atoms with E-state index in [4.69, 9.17) is 0 Å². The van der Waals surface area contributed by atoms with Gasteiger partial charge in [-0.1, -0.05) is 180 Å². The Hall–Kier alpha value is -8.95. The summed E-state index contributed by atoms with van der Waals surface area (Å²) in [5, 5.41) is 9.17. The highest BCUT2D eigenvalue weighted by Gasteiger charge is 2.33. The van der Waals surface area contributed by atoms with Crippen molar-refractivity contribution in [3.05, 3.63) is 288 Å². The van der Waals surface area contributed by atoms with Crippen LogP contribution in [0.4, 0.5) is 51.2 Å². The van der Waals surface area contributed by atoms with Crippen LogP contribution in [0.3, 0.4) is 0 Å². The molecule has 0 bridgehead atoms. The lowest BCUT2D eigenvalue weighted by Crippen LogP contribution is -2.27. The monoisotopic (exact) mass is 1010 g/mol. The Morgan fingerprint density at radius 3 is 0.779 bits per heavy atom. The third-order valence-corrected chi connectivity index (χ3v) is 18.3. The zero-order valence-electron chi connectivity index (χ0n) is 44.4. The van der Waals surface area contributed by atoms with E-state index in [0.29, 0.717) is 0 Å². The van der Waals surface area contributed by atoms with Crippen LogP contribution < -0.4 is 30.6 Å². The molecular formula is C72H60N3OP. The van der Waals surface area contributed by atoms with Crippen LogP contribution in [0.5, 0.6) is 0 Å². The second kappa shape index (κ2) is 20.3. The molecule has 77 heavy (non-hydrogen) atoms. The molecule has 0 aliphatic carbocycles. The van der Waals surface area contributed by atoms with E-state index in [1.807, 2.05) is 0 Å². The number of rotatable bonds is 12. The number of nitrogens with zero attached hydrogens (tertiary/aromatic N) is 3. The van der Waals surface area contributed by atoms with Crippen molar-refractivity contribution in [3.63, 3.8) is 0 Å². The van der Waals surface area contributed by atoms with Gasteiger partial charge in [0.15, 0.2) is 7.14 Å². The van der Waals surface area contributed by atoms with Gasteiger partial charge in [-0.05, 0) is 165 Å². The molecule has 0 amide bonds. The minimum Gasteiger partial charge on any atom is -0.310 e. The first-order valence-corrected chi connectivity index (χ1v) is 28.2. The van der Waals surface area contributed by atoms with Gasteiger partial charge >= 0.3 is 0 Å². The van der Waals surface area contributed by atoms with E-state index in [9.17, 15) is 0 Å². The number of fused-ring (bicyclic) bond motifs is 3. The predicted molar refractivity (Wildman–Crippen MR) is 331 cm³/mol. The molecule has 0 saturated carbocycles. The van der Waals surface area contributed by atoms with Crippen molar-refractivity contribution in [2.24, 2.45) is 0 Å². The summed E-state index contributed by atoms with van der Waals surface area (Å²) < 4.78 is 17.8. The van der Waals surface area contributed by atoms with Gasteiger partial charge in [-0.3, -0.25) is 0 Å². The van der Waals surface area contributed by atoms with Crippen LogP contribution in [-0.4, -0.2) is 0 Å². The van der Waals surface area contributed by atoms with Gasteiger partial charge in [0.05, 0.1) is 17.1 Å². The molecule has 374 valence electrons. The minimum atomic E-state index is -3.80. The second-order valence-corrected chi connectivity index (χ2v) is 23.3. The molecule has 12 aromatic rings. The summed E-state index contributed by atoms with van der Waals surface area (Å²) >= 11 is 0. The predicted octanol–water partition coefficient (Wildman–Crippen LogP) is 19.0. The maximum Gasteiger partial charge on any atom is 0.171 e. The molecule has 12 aromatic carbocycles. The van der Waals surface area contributed by atoms with E-state index in [2.05, 4.69) is 311 Å². The van der Waals surface area contributed by atoms with Crippen LogP contribution >= 0.6 is 7.14 Å². The minimum absolute atomic E-state index is 0.725. The van der Waals surface area contributed by atoms with E-state index in [1.165, 1.54) is 49.5 Å². The van der Waals surface area contributed by atoms with E-state index in [1.54, 1.807) is 0 Å². The number of hydrogen-bond acceptors (Lipinski definition) is 4. The van der Waals surface area contributed by atoms with Crippen LogP contribution in [0.15, 0.2) is 255 Å². The third kappa shape index (κ3) is 9.05. The van der Waals surface area contributed by atoms with Gasteiger partial charge in [-0.15, -0.1) is 0 Å². The van der Waals surface area contributed by atoms with Gasteiger partial charge in [0.25, 0.3) is 0 Å². The Morgan fingerprint density at radius 1 is 0.247 bits per heavy atom. The first kappa shape index (κ1) is 49.0. The van der Waals surface area contributed by atoms with Crippen molar-refractivity contribution in [2.45, 2.75) is 41.5 Å². The topological polar surface area (TPSA) is 26.8 Å². The molecule has 0 radical (unpaired) electrons. The first-order valence-electron chi connectivity index (χ1n) is 26.5. The fraction of sp³-hybridized carbons (Fsp3) is 0.0833. The van der Waals surface area contributed by atoms with Gasteiger partial charge in [0.1, 0.15) is 0 Å². The van der Waals surface area contributed by atoms with Crippen LogP contribution in [-0.2, 0) is 4.57 Å². The quantitative estimate of drug-likeness (QED) is 0.114. The largest absolute Gasteiger partial charge is 0.310 e. The van der Waals surface area contributed by atoms with Crippen molar-refractivity contribution in [1.82, 2.24) is 0 Å². The molecule has 0 heterocycles. The lowest BCUT2D eigenvalue weighted by Gasteiger charge is -2.31. The van der Waals surface area contributed by atoms with Gasteiger partial charge in [0.2, 0.25) is 0 Å². The van der Waals surface area contributed by atoms with E-state index >= 15 is 4.57 Å². The summed E-state index contributed by atoms with van der Waals surface area (Å²) in [5.74, 6) is 0. The van der Waals surface area contributed by atoms with Crippen molar-refractivity contribution >= 4 is 107 Å². The summed E-state index contributed by atoms with van der Waals surface area (Å²) in [6.45, 7) is 12.9. The third-order valence-electron chi connectivity index (χ3n) is 15.3. The zero-order valence-corrected chi connectivity index (χ0v) is 45.3. The second-order valence-electron chi connectivity index (χ2n) is 20.5. The molecule has 0 N–H and O–H groups in total. The average Bonchev–Trinajstić information content (AvgIpc) is 3.50. The fourth-order valence-electron chi connectivity index (χ4n) is 11.2. The fourth-order valence-corrected chi connectivity index (χ4v) is 13.9. The van der Waals surface area contributed by atoms with Crippen LogP contribution in [0.2, 0.25) is 0 Å². The molecule has 0 unspecified atom stereocenters. The smallest absolute Gasteiger partial charge is 0.171 e. The van der Waals surface area contributed by atoms with Crippen molar-refractivity contribution in [2.75, 3.05) is 14.7 Å². The summed E-state index contributed by atoms with van der Waals surface area (Å²) in [7, 11) is -3.80. The molecule has 0 aliphatic heterocycles. The summed E-state index contributed by atoms with van der Waals surface area (Å²) in [6, 6.07) is 90.7. The molecular weight excluding hydrogens is 954 g/mol. The maximum atomic E-state index is 17.8. The lowest BCUT2D eigenvalue weighted by atomic mass is 10.0. The molecule has 0 fully saturated rings. The van der Waals surface area contributed by atoms with Gasteiger partial charge in [-0.25, -0.2) is 0 Å². The molecule has 0 atom stereocenters. The highest BCUT2D eigenvalue weighted by Crippen LogP contribution is 2.49. The zero-order chi connectivity index (χ0) is 52.8. The normalized spacial score (nSPS) is 11.6. The number of benzene rings is 12. The van der Waals surface area contributed by atoms with Crippen LogP contribution in [0, 0.1) is 41.5 Å². The Bertz CT molecular complexity index is 3790. The number of anilines is 9. The molecule has 5 heteroatoms. The van der Waals surface area contributed by atoms with Crippen LogP contribution in [0.1, 0.15) is 33.4 Å². The van der Waals surface area contributed by atoms with E-state index < -0.39 is 7.14 Å². The van der Waals surface area contributed by atoms with Gasteiger partial charge in [-0.2, -0.15) is 0 Å². The number of aryl methyl sites for hydroxylation is 6. The van der Waals surface area contributed by atoms with Crippen LogP contribution in [0.25, 0.3) is 32.3 Å². The maximum absolute atomic E-state index is 17.8. The first-order chi connectivity index (χ1) is 37.5. The molecule has 12 rings (SSSR count). The SMILES string of the molecule is Cc1ccc(N(c2cccc(P(=O)(c3cccc(N(c4ccc(C)cc4)c4ccc(C)c5ccccc45)c3)c3cccc(N(c4ccc(C)cc4)c4ccc(C)c5ccccc45)c3)c2)c2ccc(C)c3ccccc23)cc1. The van der Waals surface area contributed by atoms with Crippen molar-refractivity contribution in [3.8, 4) is 0 Å². The van der Waals surface area contributed by atoms with E-state index in [0.717, 1.165) is 83.3 Å². The lowest BCUT2D eigenvalue weighted by molar-refractivity contribution is 0.592. The van der Waals surface area contributed by atoms with Crippen molar-refractivity contribution < 1.29 is 4.57 Å².